The lowest BCUT2D eigenvalue weighted by atomic mass is 10.1. The van der Waals surface area contributed by atoms with E-state index in [0.29, 0.717) is 27.6 Å². The highest BCUT2D eigenvalue weighted by Gasteiger charge is 2.14. The van der Waals surface area contributed by atoms with Crippen LogP contribution in [0.4, 0.5) is 4.39 Å². The molecule has 0 bridgehead atoms. The van der Waals surface area contributed by atoms with Crippen molar-refractivity contribution >= 4 is 33.4 Å². The van der Waals surface area contributed by atoms with E-state index in [-0.39, 0.29) is 12.5 Å². The summed E-state index contributed by atoms with van der Waals surface area (Å²) in [5.74, 6) is -0.431. The standard InChI is InChI=1S/C17H11BrClFN2O2/c18-10-5-6-14(19)13(7-10)17(23)21-9-11-8-16(24-22-11)12-3-1-2-4-15(12)20/h1-8H,9H2,(H,21,23). The Balaban J connectivity index is 1.71. The minimum absolute atomic E-state index is 0.139. The summed E-state index contributed by atoms with van der Waals surface area (Å²) in [6, 6.07) is 12.8. The molecule has 0 radical (unpaired) electrons. The number of carbonyl (C=O) groups is 1. The van der Waals surface area contributed by atoms with Gasteiger partial charge in [-0.3, -0.25) is 4.79 Å². The smallest absolute Gasteiger partial charge is 0.253 e. The monoisotopic (exact) mass is 408 g/mol. The molecule has 3 aromatic rings. The highest BCUT2D eigenvalue weighted by molar-refractivity contribution is 9.10. The lowest BCUT2D eigenvalue weighted by molar-refractivity contribution is 0.0950. The van der Waals surface area contributed by atoms with Crippen molar-refractivity contribution in [3.63, 3.8) is 0 Å². The molecule has 122 valence electrons. The zero-order valence-electron chi connectivity index (χ0n) is 12.2. The number of nitrogens with one attached hydrogen (secondary N) is 1. The van der Waals surface area contributed by atoms with Crippen molar-refractivity contribution in [1.29, 1.82) is 0 Å². The summed E-state index contributed by atoms with van der Waals surface area (Å²) >= 11 is 9.31. The van der Waals surface area contributed by atoms with E-state index >= 15 is 0 Å². The second-order valence-corrected chi connectivity index (χ2v) is 6.29. The number of hydrogen-bond donors (Lipinski definition) is 1. The average Bonchev–Trinajstić information content (AvgIpc) is 3.04. The normalized spacial score (nSPS) is 10.6. The SMILES string of the molecule is O=C(NCc1cc(-c2ccccc2F)on1)c1cc(Br)ccc1Cl. The third-order valence-corrected chi connectivity index (χ3v) is 4.12. The molecule has 1 aromatic heterocycles. The molecule has 0 atom stereocenters. The van der Waals surface area contributed by atoms with Crippen molar-refractivity contribution in [2.45, 2.75) is 6.54 Å². The molecule has 1 heterocycles. The van der Waals surface area contributed by atoms with E-state index in [0.717, 1.165) is 4.47 Å². The van der Waals surface area contributed by atoms with Crippen molar-refractivity contribution in [2.24, 2.45) is 0 Å². The number of nitrogens with zero attached hydrogens (tertiary/aromatic N) is 1. The summed E-state index contributed by atoms with van der Waals surface area (Å²) < 4.78 is 19.6. The highest BCUT2D eigenvalue weighted by atomic mass is 79.9. The van der Waals surface area contributed by atoms with Gasteiger partial charge in [-0.05, 0) is 30.3 Å². The van der Waals surface area contributed by atoms with E-state index in [1.165, 1.54) is 6.07 Å². The van der Waals surface area contributed by atoms with Crippen LogP contribution in [0, 0.1) is 5.82 Å². The van der Waals surface area contributed by atoms with Crippen LogP contribution in [0.1, 0.15) is 16.1 Å². The average molecular weight is 410 g/mol. The lowest BCUT2D eigenvalue weighted by Crippen LogP contribution is -2.23. The minimum atomic E-state index is -0.398. The molecule has 0 spiro atoms. The third kappa shape index (κ3) is 3.66. The minimum Gasteiger partial charge on any atom is -0.356 e. The zero-order chi connectivity index (χ0) is 17.1. The molecule has 0 aliphatic heterocycles. The van der Waals surface area contributed by atoms with Crippen LogP contribution in [0.2, 0.25) is 5.02 Å². The molecule has 1 N–H and O–H groups in total. The zero-order valence-corrected chi connectivity index (χ0v) is 14.6. The van der Waals surface area contributed by atoms with Gasteiger partial charge < -0.3 is 9.84 Å². The van der Waals surface area contributed by atoms with Crippen LogP contribution < -0.4 is 5.32 Å². The van der Waals surface area contributed by atoms with E-state index in [4.69, 9.17) is 16.1 Å². The molecular formula is C17H11BrClFN2O2. The maximum absolute atomic E-state index is 13.7. The van der Waals surface area contributed by atoms with Gasteiger partial charge in [0.25, 0.3) is 5.91 Å². The first-order valence-electron chi connectivity index (χ1n) is 6.98. The van der Waals surface area contributed by atoms with Crippen LogP contribution in [0.3, 0.4) is 0 Å². The van der Waals surface area contributed by atoms with Crippen molar-refractivity contribution < 1.29 is 13.7 Å². The Morgan fingerprint density at radius 2 is 2.04 bits per heavy atom. The van der Waals surface area contributed by atoms with E-state index in [1.807, 2.05) is 0 Å². The fourth-order valence-electron chi connectivity index (χ4n) is 2.12. The van der Waals surface area contributed by atoms with Crippen molar-refractivity contribution in [2.75, 3.05) is 0 Å². The number of halogens is 3. The van der Waals surface area contributed by atoms with Crippen molar-refractivity contribution in [3.8, 4) is 11.3 Å². The predicted molar refractivity (Wildman–Crippen MR) is 92.2 cm³/mol. The third-order valence-electron chi connectivity index (χ3n) is 3.30. The van der Waals surface area contributed by atoms with Crippen LogP contribution in [-0.2, 0) is 6.54 Å². The maximum atomic E-state index is 13.7. The number of carbonyl (C=O) groups excluding carboxylic acids is 1. The van der Waals surface area contributed by atoms with E-state index in [2.05, 4.69) is 26.4 Å². The largest absolute Gasteiger partial charge is 0.356 e. The van der Waals surface area contributed by atoms with Crippen LogP contribution in [0.15, 0.2) is 57.5 Å². The van der Waals surface area contributed by atoms with Crippen LogP contribution in [0.25, 0.3) is 11.3 Å². The first-order valence-corrected chi connectivity index (χ1v) is 8.15. The number of aromatic nitrogens is 1. The van der Waals surface area contributed by atoms with Gasteiger partial charge in [0, 0.05) is 10.5 Å². The Hall–Kier alpha value is -2.18. The number of hydrogen-bond acceptors (Lipinski definition) is 3. The molecule has 7 heteroatoms. The molecule has 0 aliphatic rings. The summed E-state index contributed by atoms with van der Waals surface area (Å²) in [4.78, 5) is 12.2. The van der Waals surface area contributed by atoms with Gasteiger partial charge >= 0.3 is 0 Å². The van der Waals surface area contributed by atoms with Gasteiger partial charge in [-0.2, -0.15) is 0 Å². The van der Waals surface area contributed by atoms with Gasteiger partial charge in [0.1, 0.15) is 11.5 Å². The number of rotatable bonds is 4. The molecular weight excluding hydrogens is 399 g/mol. The molecule has 2 aromatic carbocycles. The highest BCUT2D eigenvalue weighted by Crippen LogP contribution is 2.24. The Kier molecular flexibility index (Phi) is 4.97. The summed E-state index contributed by atoms with van der Waals surface area (Å²) in [5, 5.41) is 6.89. The fourth-order valence-corrected chi connectivity index (χ4v) is 2.69. The molecule has 0 saturated heterocycles. The lowest BCUT2D eigenvalue weighted by Gasteiger charge is -2.05. The molecule has 0 saturated carbocycles. The fraction of sp³-hybridized carbons (Fsp3) is 0.0588. The van der Waals surface area contributed by atoms with E-state index in [9.17, 15) is 9.18 Å². The second kappa shape index (κ2) is 7.15. The maximum Gasteiger partial charge on any atom is 0.253 e. The van der Waals surface area contributed by atoms with Gasteiger partial charge in [0.15, 0.2) is 5.76 Å². The van der Waals surface area contributed by atoms with Crippen LogP contribution >= 0.6 is 27.5 Å². The topological polar surface area (TPSA) is 55.1 Å². The second-order valence-electron chi connectivity index (χ2n) is 4.97. The molecule has 0 aliphatic carbocycles. The van der Waals surface area contributed by atoms with Crippen molar-refractivity contribution in [1.82, 2.24) is 10.5 Å². The Labute approximate surface area is 150 Å². The Bertz CT molecular complexity index is 898. The first kappa shape index (κ1) is 16.7. The molecule has 24 heavy (non-hydrogen) atoms. The first-order chi connectivity index (χ1) is 11.5. The number of benzene rings is 2. The molecule has 0 unspecified atom stereocenters. The van der Waals surface area contributed by atoms with Gasteiger partial charge in [-0.15, -0.1) is 0 Å². The van der Waals surface area contributed by atoms with Crippen LogP contribution in [-0.4, -0.2) is 11.1 Å². The Morgan fingerprint density at radius 3 is 2.83 bits per heavy atom. The van der Waals surface area contributed by atoms with Crippen LogP contribution in [0.5, 0.6) is 0 Å². The van der Waals surface area contributed by atoms with Gasteiger partial charge in [0.2, 0.25) is 0 Å². The molecule has 4 nitrogen and oxygen atoms in total. The summed E-state index contributed by atoms with van der Waals surface area (Å²) in [7, 11) is 0. The summed E-state index contributed by atoms with van der Waals surface area (Å²) in [5.41, 5.74) is 1.15. The van der Waals surface area contributed by atoms with E-state index < -0.39 is 5.82 Å². The number of amides is 1. The van der Waals surface area contributed by atoms with Gasteiger partial charge in [0.05, 0.1) is 22.7 Å². The molecule has 0 fully saturated rings. The van der Waals surface area contributed by atoms with E-state index in [1.54, 1.807) is 42.5 Å². The Morgan fingerprint density at radius 1 is 1.25 bits per heavy atom. The quantitative estimate of drug-likeness (QED) is 0.672. The summed E-state index contributed by atoms with van der Waals surface area (Å²) in [6.07, 6.45) is 0. The van der Waals surface area contributed by atoms with Crippen molar-refractivity contribution in [3.05, 3.63) is 75.1 Å². The molecule has 1 amide bonds. The van der Waals surface area contributed by atoms with Gasteiger partial charge in [-0.25, -0.2) is 4.39 Å². The predicted octanol–water partition coefficient (Wildman–Crippen LogP) is 4.83. The van der Waals surface area contributed by atoms with Gasteiger partial charge in [-0.1, -0.05) is 44.8 Å². The molecule has 3 rings (SSSR count). The summed E-state index contributed by atoms with van der Waals surface area (Å²) in [6.45, 7) is 0.139.